The standard InChI is InChI=1S/C18H17N3O5S/c1-4-20-13-10-11(21(23)24)8-9-15(13)27-18(20)19-17(22)12-6-5-7-14(25-2)16(12)26-3/h5-10H,4H2,1-3H3. The maximum absolute atomic E-state index is 12.8. The van der Waals surface area contributed by atoms with E-state index in [1.807, 2.05) is 6.92 Å². The van der Waals surface area contributed by atoms with Crippen LogP contribution in [0.2, 0.25) is 0 Å². The van der Waals surface area contributed by atoms with Gasteiger partial charge in [0.25, 0.3) is 11.6 Å². The van der Waals surface area contributed by atoms with E-state index in [4.69, 9.17) is 9.47 Å². The van der Waals surface area contributed by atoms with E-state index in [1.165, 1.54) is 37.7 Å². The third kappa shape index (κ3) is 3.41. The van der Waals surface area contributed by atoms with Gasteiger partial charge in [-0.2, -0.15) is 4.99 Å². The molecule has 0 fully saturated rings. The fourth-order valence-electron chi connectivity index (χ4n) is 2.76. The maximum Gasteiger partial charge on any atom is 0.283 e. The van der Waals surface area contributed by atoms with Crippen LogP contribution in [0.5, 0.6) is 11.5 Å². The molecule has 0 bridgehead atoms. The predicted octanol–water partition coefficient (Wildman–Crippen LogP) is 3.39. The second kappa shape index (κ2) is 7.58. The van der Waals surface area contributed by atoms with Crippen molar-refractivity contribution in [2.24, 2.45) is 4.99 Å². The number of carbonyl (C=O) groups is 1. The van der Waals surface area contributed by atoms with E-state index in [-0.39, 0.29) is 11.3 Å². The SMILES string of the molecule is CCn1c(=NC(=O)c2cccc(OC)c2OC)sc2ccc([N+](=O)[O-])cc21. The van der Waals surface area contributed by atoms with E-state index in [1.54, 1.807) is 28.8 Å². The molecule has 8 nitrogen and oxygen atoms in total. The number of rotatable bonds is 5. The third-order valence-corrected chi connectivity index (χ3v) is 5.08. The molecule has 1 amide bonds. The average Bonchev–Trinajstić information content (AvgIpc) is 3.02. The van der Waals surface area contributed by atoms with Crippen LogP contribution in [0.4, 0.5) is 5.69 Å². The number of nitro groups is 1. The number of nitro benzene ring substituents is 1. The van der Waals surface area contributed by atoms with Crippen molar-refractivity contribution < 1.29 is 19.2 Å². The number of aryl methyl sites for hydroxylation is 1. The molecule has 140 valence electrons. The van der Waals surface area contributed by atoms with Crippen LogP contribution in [0.15, 0.2) is 41.4 Å². The van der Waals surface area contributed by atoms with Crippen LogP contribution in [0.1, 0.15) is 17.3 Å². The number of methoxy groups -OCH3 is 2. The van der Waals surface area contributed by atoms with Crippen molar-refractivity contribution in [1.29, 1.82) is 0 Å². The molecule has 9 heteroatoms. The summed E-state index contributed by atoms with van der Waals surface area (Å²) in [5.41, 5.74) is 0.943. The summed E-state index contributed by atoms with van der Waals surface area (Å²) in [7, 11) is 2.95. The van der Waals surface area contributed by atoms with E-state index in [9.17, 15) is 14.9 Å². The molecule has 2 aromatic carbocycles. The minimum atomic E-state index is -0.478. The number of nitrogens with zero attached hydrogens (tertiary/aromatic N) is 3. The lowest BCUT2D eigenvalue weighted by Gasteiger charge is -2.09. The first-order valence-corrected chi connectivity index (χ1v) is 8.89. The molecule has 0 saturated heterocycles. The molecule has 27 heavy (non-hydrogen) atoms. The summed E-state index contributed by atoms with van der Waals surface area (Å²) in [6.07, 6.45) is 0. The predicted molar refractivity (Wildman–Crippen MR) is 102 cm³/mol. The van der Waals surface area contributed by atoms with Crippen LogP contribution in [0, 0.1) is 10.1 Å². The molecule has 0 aliphatic carbocycles. The minimum Gasteiger partial charge on any atom is -0.493 e. The Kier molecular flexibility index (Phi) is 5.22. The van der Waals surface area contributed by atoms with Gasteiger partial charge < -0.3 is 14.0 Å². The van der Waals surface area contributed by atoms with Gasteiger partial charge in [-0.05, 0) is 25.1 Å². The van der Waals surface area contributed by atoms with Gasteiger partial charge in [0.1, 0.15) is 0 Å². The van der Waals surface area contributed by atoms with Crippen molar-refractivity contribution >= 4 is 33.1 Å². The number of non-ortho nitro benzene ring substituents is 1. The summed E-state index contributed by atoms with van der Waals surface area (Å²) in [6, 6.07) is 9.59. The van der Waals surface area contributed by atoms with Crippen LogP contribution in [0.3, 0.4) is 0 Å². The fourth-order valence-corrected chi connectivity index (χ4v) is 3.84. The van der Waals surface area contributed by atoms with E-state index < -0.39 is 10.8 Å². The van der Waals surface area contributed by atoms with Crippen LogP contribution in [-0.4, -0.2) is 29.6 Å². The van der Waals surface area contributed by atoms with Crippen molar-refractivity contribution in [3.8, 4) is 11.5 Å². The second-order valence-electron chi connectivity index (χ2n) is 5.50. The molecular formula is C18H17N3O5S. The van der Waals surface area contributed by atoms with Crippen LogP contribution >= 0.6 is 11.3 Å². The van der Waals surface area contributed by atoms with Gasteiger partial charge in [0, 0.05) is 18.7 Å². The van der Waals surface area contributed by atoms with Gasteiger partial charge in [0.05, 0.1) is 34.9 Å². The number of carbonyl (C=O) groups excluding carboxylic acids is 1. The highest BCUT2D eigenvalue weighted by Crippen LogP contribution is 2.31. The largest absolute Gasteiger partial charge is 0.493 e. The first-order valence-electron chi connectivity index (χ1n) is 8.08. The topological polar surface area (TPSA) is 96.0 Å². The summed E-state index contributed by atoms with van der Waals surface area (Å²) < 4.78 is 13.1. The number of hydrogen-bond donors (Lipinski definition) is 0. The number of thiazole rings is 1. The van der Waals surface area contributed by atoms with Crippen LogP contribution in [0.25, 0.3) is 10.2 Å². The number of benzene rings is 2. The molecule has 3 aromatic rings. The summed E-state index contributed by atoms with van der Waals surface area (Å²) in [4.78, 5) is 28.1. The van der Waals surface area contributed by atoms with Gasteiger partial charge in [-0.15, -0.1) is 0 Å². The molecule has 3 rings (SSSR count). The van der Waals surface area contributed by atoms with Crippen molar-refractivity contribution in [2.45, 2.75) is 13.5 Å². The minimum absolute atomic E-state index is 0.00478. The highest BCUT2D eigenvalue weighted by Gasteiger charge is 2.17. The van der Waals surface area contributed by atoms with Crippen LogP contribution < -0.4 is 14.3 Å². The zero-order valence-corrected chi connectivity index (χ0v) is 15.8. The molecule has 1 heterocycles. The Morgan fingerprint density at radius 1 is 1.26 bits per heavy atom. The molecule has 0 N–H and O–H groups in total. The lowest BCUT2D eigenvalue weighted by molar-refractivity contribution is -0.384. The molecule has 0 radical (unpaired) electrons. The fraction of sp³-hybridized carbons (Fsp3) is 0.222. The molecule has 1 aromatic heterocycles. The summed E-state index contributed by atoms with van der Waals surface area (Å²) >= 11 is 1.30. The number of hydrogen-bond acceptors (Lipinski definition) is 6. The lowest BCUT2D eigenvalue weighted by Crippen LogP contribution is -2.16. The highest BCUT2D eigenvalue weighted by atomic mass is 32.1. The molecule has 0 unspecified atom stereocenters. The van der Waals surface area contributed by atoms with E-state index in [0.717, 1.165) is 4.70 Å². The monoisotopic (exact) mass is 387 g/mol. The summed E-state index contributed by atoms with van der Waals surface area (Å²) in [6.45, 7) is 2.41. The molecule has 0 aliphatic rings. The number of amides is 1. The van der Waals surface area contributed by atoms with Gasteiger partial charge in [-0.1, -0.05) is 17.4 Å². The summed E-state index contributed by atoms with van der Waals surface area (Å²) in [5.74, 6) is 0.274. The average molecular weight is 387 g/mol. The molecule has 0 spiro atoms. The van der Waals surface area contributed by atoms with Crippen molar-refractivity contribution in [2.75, 3.05) is 14.2 Å². The first kappa shape index (κ1) is 18.6. The number of aromatic nitrogens is 1. The normalized spacial score (nSPS) is 11.6. The maximum atomic E-state index is 12.8. The van der Waals surface area contributed by atoms with Gasteiger partial charge in [0.2, 0.25) is 0 Å². The van der Waals surface area contributed by atoms with Gasteiger partial charge in [-0.25, -0.2) is 0 Å². The lowest BCUT2D eigenvalue weighted by atomic mass is 10.2. The van der Waals surface area contributed by atoms with Gasteiger partial charge in [0.15, 0.2) is 16.3 Å². The van der Waals surface area contributed by atoms with Gasteiger partial charge in [-0.3, -0.25) is 14.9 Å². The Hall–Kier alpha value is -3.20. The highest BCUT2D eigenvalue weighted by molar-refractivity contribution is 7.16. The van der Waals surface area contributed by atoms with Crippen molar-refractivity contribution in [3.63, 3.8) is 0 Å². The Labute approximate surface area is 158 Å². The quantitative estimate of drug-likeness (QED) is 0.494. The van der Waals surface area contributed by atoms with E-state index in [2.05, 4.69) is 4.99 Å². The smallest absolute Gasteiger partial charge is 0.283 e. The van der Waals surface area contributed by atoms with Gasteiger partial charge >= 0.3 is 0 Å². The van der Waals surface area contributed by atoms with Crippen molar-refractivity contribution in [1.82, 2.24) is 4.57 Å². The number of para-hydroxylation sites is 1. The number of ether oxygens (including phenoxy) is 2. The molecule has 0 saturated carbocycles. The second-order valence-corrected chi connectivity index (χ2v) is 6.51. The summed E-state index contributed by atoms with van der Waals surface area (Å²) in [5, 5.41) is 11.0. The first-order chi connectivity index (χ1) is 13.0. The Bertz CT molecular complexity index is 1100. The molecule has 0 atom stereocenters. The van der Waals surface area contributed by atoms with E-state index in [0.29, 0.717) is 28.4 Å². The Morgan fingerprint density at radius 3 is 2.67 bits per heavy atom. The zero-order valence-electron chi connectivity index (χ0n) is 15.0. The Balaban J connectivity index is 2.16. The van der Waals surface area contributed by atoms with E-state index >= 15 is 0 Å². The number of fused-ring (bicyclic) bond motifs is 1. The van der Waals surface area contributed by atoms with Crippen molar-refractivity contribution in [3.05, 3.63) is 56.9 Å². The molecule has 0 aliphatic heterocycles. The zero-order chi connectivity index (χ0) is 19.6. The Morgan fingerprint density at radius 2 is 2.04 bits per heavy atom. The molecular weight excluding hydrogens is 370 g/mol. The third-order valence-electron chi connectivity index (χ3n) is 4.02. The van der Waals surface area contributed by atoms with Crippen LogP contribution in [-0.2, 0) is 6.54 Å².